The average Bonchev–Trinajstić information content (AvgIpc) is 3.22. The lowest BCUT2D eigenvalue weighted by Gasteiger charge is -2.20. The Kier molecular flexibility index (Phi) is 3.55. The summed E-state index contributed by atoms with van der Waals surface area (Å²) in [5.41, 5.74) is 5.44. The highest BCUT2D eigenvalue weighted by molar-refractivity contribution is 7.18. The van der Waals surface area contributed by atoms with Crippen molar-refractivity contribution in [3.8, 4) is 11.6 Å². The normalized spacial score (nSPS) is 13.9. The number of aromatic nitrogens is 3. The van der Waals surface area contributed by atoms with Gasteiger partial charge in [-0.1, -0.05) is 6.07 Å². The van der Waals surface area contributed by atoms with Crippen LogP contribution in [0.4, 0.5) is 5.82 Å². The highest BCUT2D eigenvalue weighted by atomic mass is 32.1. The predicted molar refractivity (Wildman–Crippen MR) is 97.2 cm³/mol. The van der Waals surface area contributed by atoms with Gasteiger partial charge in [-0.05, 0) is 44.2 Å². The molecule has 4 aromatic rings. The zero-order chi connectivity index (χ0) is 17.6. The van der Waals surface area contributed by atoms with Gasteiger partial charge in [0, 0.05) is 11.1 Å². The van der Waals surface area contributed by atoms with E-state index in [1.54, 1.807) is 19.2 Å². The summed E-state index contributed by atoms with van der Waals surface area (Å²) in [7, 11) is 0. The maximum absolute atomic E-state index is 11.0. The van der Waals surface area contributed by atoms with Gasteiger partial charge in [0.15, 0.2) is 11.6 Å². The first-order valence-corrected chi connectivity index (χ1v) is 8.55. The van der Waals surface area contributed by atoms with E-state index in [0.717, 1.165) is 5.76 Å². The molecule has 0 aliphatic heterocycles. The van der Waals surface area contributed by atoms with E-state index in [1.165, 1.54) is 11.3 Å². The van der Waals surface area contributed by atoms with Gasteiger partial charge in [0.05, 0.1) is 11.1 Å². The number of nitrogens with two attached hydrogens (primary N) is 1. The Morgan fingerprint density at radius 2 is 2.04 bits per heavy atom. The van der Waals surface area contributed by atoms with Crippen LogP contribution in [0.5, 0.6) is 0 Å². The SMILES string of the molecule is Cc1ccc(-c2nc(N)c3cc(C(C)(O)c4ccccn4)sc3n2)o1. The number of hydrogen-bond donors (Lipinski definition) is 2. The van der Waals surface area contributed by atoms with E-state index in [1.807, 2.05) is 37.3 Å². The summed E-state index contributed by atoms with van der Waals surface area (Å²) >= 11 is 1.37. The van der Waals surface area contributed by atoms with Gasteiger partial charge in [0.25, 0.3) is 0 Å². The number of rotatable bonds is 3. The molecule has 126 valence electrons. The smallest absolute Gasteiger partial charge is 0.199 e. The van der Waals surface area contributed by atoms with E-state index in [2.05, 4.69) is 15.0 Å². The standard InChI is InChI=1S/C18H16N4O2S/c1-10-6-7-12(24-10)16-21-15(19)11-9-14(25-17(11)22-16)18(2,23)13-5-3-4-8-20-13/h3-9,23H,1-2H3,(H2,19,21,22). The van der Waals surface area contributed by atoms with Gasteiger partial charge in [-0.25, -0.2) is 9.97 Å². The number of thiophene rings is 1. The molecule has 6 nitrogen and oxygen atoms in total. The number of hydrogen-bond acceptors (Lipinski definition) is 7. The van der Waals surface area contributed by atoms with Gasteiger partial charge in [0.1, 0.15) is 22.0 Å². The van der Waals surface area contributed by atoms with Gasteiger partial charge < -0.3 is 15.3 Å². The lowest BCUT2D eigenvalue weighted by Crippen LogP contribution is -2.22. The molecule has 0 fully saturated rings. The van der Waals surface area contributed by atoms with E-state index in [9.17, 15) is 5.11 Å². The Balaban J connectivity index is 1.84. The number of aliphatic hydroxyl groups is 1. The lowest BCUT2D eigenvalue weighted by atomic mass is 9.99. The quantitative estimate of drug-likeness (QED) is 0.586. The van der Waals surface area contributed by atoms with Crippen LogP contribution in [0.2, 0.25) is 0 Å². The molecule has 4 rings (SSSR count). The highest BCUT2D eigenvalue weighted by Gasteiger charge is 2.30. The van der Waals surface area contributed by atoms with Gasteiger partial charge in [-0.3, -0.25) is 4.98 Å². The van der Waals surface area contributed by atoms with Crippen molar-refractivity contribution in [1.82, 2.24) is 15.0 Å². The van der Waals surface area contributed by atoms with Crippen molar-refractivity contribution in [3.63, 3.8) is 0 Å². The second-order valence-electron chi connectivity index (χ2n) is 5.96. The molecule has 4 aromatic heterocycles. The van der Waals surface area contributed by atoms with Crippen molar-refractivity contribution >= 4 is 27.4 Å². The molecule has 0 aliphatic rings. The Hall–Kier alpha value is -2.77. The van der Waals surface area contributed by atoms with Crippen LogP contribution in [-0.4, -0.2) is 20.1 Å². The number of anilines is 1. The third-order valence-electron chi connectivity index (χ3n) is 4.03. The van der Waals surface area contributed by atoms with Gasteiger partial charge in [-0.2, -0.15) is 0 Å². The van der Waals surface area contributed by atoms with E-state index in [0.29, 0.717) is 38.2 Å². The monoisotopic (exact) mass is 352 g/mol. The van der Waals surface area contributed by atoms with Crippen LogP contribution in [0, 0.1) is 6.92 Å². The van der Waals surface area contributed by atoms with Crippen molar-refractivity contribution in [2.24, 2.45) is 0 Å². The summed E-state index contributed by atoms with van der Waals surface area (Å²) < 4.78 is 5.58. The molecular weight excluding hydrogens is 336 g/mol. The van der Waals surface area contributed by atoms with Crippen LogP contribution in [0.3, 0.4) is 0 Å². The fourth-order valence-corrected chi connectivity index (χ4v) is 3.72. The summed E-state index contributed by atoms with van der Waals surface area (Å²) in [6.45, 7) is 3.57. The van der Waals surface area contributed by atoms with Crippen LogP contribution in [-0.2, 0) is 5.60 Å². The molecule has 25 heavy (non-hydrogen) atoms. The summed E-state index contributed by atoms with van der Waals surface area (Å²) in [6.07, 6.45) is 1.66. The zero-order valence-corrected chi connectivity index (χ0v) is 14.5. The molecule has 0 bridgehead atoms. The second-order valence-corrected chi connectivity index (χ2v) is 6.99. The van der Waals surface area contributed by atoms with Crippen LogP contribution in [0.25, 0.3) is 21.8 Å². The Morgan fingerprint density at radius 1 is 1.20 bits per heavy atom. The van der Waals surface area contributed by atoms with Crippen LogP contribution < -0.4 is 5.73 Å². The van der Waals surface area contributed by atoms with Crippen molar-refractivity contribution < 1.29 is 9.52 Å². The van der Waals surface area contributed by atoms with Gasteiger partial charge in [0.2, 0.25) is 0 Å². The topological polar surface area (TPSA) is 98.1 Å². The molecule has 0 amide bonds. The van der Waals surface area contributed by atoms with Crippen LogP contribution in [0.15, 0.2) is 47.0 Å². The first-order chi connectivity index (χ1) is 11.9. The maximum atomic E-state index is 11.0. The molecule has 0 radical (unpaired) electrons. The minimum absolute atomic E-state index is 0.355. The molecule has 0 aliphatic carbocycles. The van der Waals surface area contributed by atoms with Crippen LogP contribution >= 0.6 is 11.3 Å². The zero-order valence-electron chi connectivity index (χ0n) is 13.7. The van der Waals surface area contributed by atoms with Crippen molar-refractivity contribution in [2.75, 3.05) is 5.73 Å². The second kappa shape index (κ2) is 5.65. The van der Waals surface area contributed by atoms with Crippen molar-refractivity contribution in [2.45, 2.75) is 19.4 Å². The average molecular weight is 352 g/mol. The van der Waals surface area contributed by atoms with E-state index in [4.69, 9.17) is 10.2 Å². The number of fused-ring (bicyclic) bond motifs is 1. The van der Waals surface area contributed by atoms with E-state index < -0.39 is 5.60 Å². The van der Waals surface area contributed by atoms with E-state index >= 15 is 0 Å². The molecule has 1 unspecified atom stereocenters. The first-order valence-electron chi connectivity index (χ1n) is 7.73. The molecule has 0 aromatic carbocycles. The van der Waals surface area contributed by atoms with Crippen molar-refractivity contribution in [1.29, 1.82) is 0 Å². The first kappa shape index (κ1) is 15.7. The molecule has 3 N–H and O–H groups in total. The van der Waals surface area contributed by atoms with Crippen LogP contribution in [0.1, 0.15) is 23.3 Å². The Bertz CT molecular complexity index is 1050. The highest BCUT2D eigenvalue weighted by Crippen LogP contribution is 2.38. The molecule has 7 heteroatoms. The summed E-state index contributed by atoms with van der Waals surface area (Å²) in [5, 5.41) is 11.7. The van der Waals surface area contributed by atoms with E-state index in [-0.39, 0.29) is 0 Å². The molecular formula is C18H16N4O2S. The summed E-state index contributed by atoms with van der Waals surface area (Å²) in [6, 6.07) is 10.9. The van der Waals surface area contributed by atoms with Gasteiger partial charge in [-0.15, -0.1) is 11.3 Å². The maximum Gasteiger partial charge on any atom is 0.199 e. The lowest BCUT2D eigenvalue weighted by molar-refractivity contribution is 0.101. The molecule has 4 heterocycles. The third kappa shape index (κ3) is 2.67. The molecule has 1 atom stereocenters. The van der Waals surface area contributed by atoms with Crippen molar-refractivity contribution in [3.05, 3.63) is 58.9 Å². The minimum Gasteiger partial charge on any atom is -0.458 e. The Labute approximate surface area is 148 Å². The largest absolute Gasteiger partial charge is 0.458 e. The summed E-state index contributed by atoms with van der Waals surface area (Å²) in [4.78, 5) is 14.5. The minimum atomic E-state index is -1.24. The predicted octanol–water partition coefficient (Wildman–Crippen LogP) is 3.49. The number of furan rings is 1. The fourth-order valence-electron chi connectivity index (χ4n) is 2.63. The molecule has 0 spiro atoms. The summed E-state index contributed by atoms with van der Waals surface area (Å²) in [5.74, 6) is 2.14. The number of aryl methyl sites for hydroxylation is 1. The fraction of sp³-hybridized carbons (Fsp3) is 0.167. The number of nitrogens with zero attached hydrogens (tertiary/aromatic N) is 3. The third-order valence-corrected chi connectivity index (χ3v) is 5.27. The number of nitrogen functional groups attached to an aromatic ring is 1. The number of pyridine rings is 1. The molecule has 0 saturated heterocycles. The molecule has 0 saturated carbocycles. The van der Waals surface area contributed by atoms with Gasteiger partial charge >= 0.3 is 0 Å². The Morgan fingerprint density at radius 3 is 2.72 bits per heavy atom.